The Bertz CT molecular complexity index is 662. The minimum absolute atomic E-state index is 0.194. The lowest BCUT2D eigenvalue weighted by molar-refractivity contribution is -0.156. The van der Waals surface area contributed by atoms with Gasteiger partial charge in [-0.1, -0.05) is 13.0 Å². The molecule has 1 atom stereocenters. The first kappa shape index (κ1) is 26.1. The van der Waals surface area contributed by atoms with Gasteiger partial charge in [-0.25, -0.2) is 0 Å². The Hall–Kier alpha value is -0.945. The van der Waals surface area contributed by atoms with Gasteiger partial charge in [0.1, 0.15) is 5.60 Å². The lowest BCUT2D eigenvalue weighted by Crippen LogP contribution is -2.44. The fourth-order valence-electron chi connectivity index (χ4n) is 3.35. The van der Waals surface area contributed by atoms with Crippen molar-refractivity contribution < 1.29 is 14.6 Å². The van der Waals surface area contributed by atoms with Crippen LogP contribution < -0.4 is 10.1 Å². The summed E-state index contributed by atoms with van der Waals surface area (Å²) in [7, 11) is -0.680. The molecule has 0 aliphatic rings. The zero-order chi connectivity index (χ0) is 22.2. The van der Waals surface area contributed by atoms with Crippen LogP contribution in [0.1, 0.15) is 45.2 Å². The van der Waals surface area contributed by atoms with Gasteiger partial charge in [-0.2, -0.15) is 0 Å². The van der Waals surface area contributed by atoms with Crippen LogP contribution in [0.3, 0.4) is 0 Å². The van der Waals surface area contributed by atoms with Crippen LogP contribution in [-0.2, 0) is 14.9 Å². The molecule has 29 heavy (non-hydrogen) atoms. The van der Waals surface area contributed by atoms with E-state index in [1.807, 2.05) is 40.7 Å². The zero-order valence-corrected chi connectivity index (χ0v) is 20.0. The number of halogens is 2. The molecule has 0 aliphatic carbocycles. The van der Waals surface area contributed by atoms with Crippen molar-refractivity contribution in [2.24, 2.45) is 0 Å². The third-order valence-corrected chi connectivity index (χ3v) is 5.03. The van der Waals surface area contributed by atoms with Crippen LogP contribution in [0.2, 0.25) is 6.82 Å². The van der Waals surface area contributed by atoms with Crippen molar-refractivity contribution in [2.75, 3.05) is 36.3 Å². The van der Waals surface area contributed by atoms with Gasteiger partial charge in [-0.15, -0.1) is 23.2 Å². The molecule has 1 aromatic carbocycles. The summed E-state index contributed by atoms with van der Waals surface area (Å²) >= 11 is 11.9. The van der Waals surface area contributed by atoms with Crippen LogP contribution in [0.15, 0.2) is 18.2 Å². The number of benzene rings is 1. The van der Waals surface area contributed by atoms with Gasteiger partial charge in [0.2, 0.25) is 0 Å². The Kier molecular flexibility index (Phi) is 10.3. The average molecular weight is 445 g/mol. The average Bonchev–Trinajstić information content (AvgIpc) is 2.58. The lowest BCUT2D eigenvalue weighted by Gasteiger charge is -2.34. The number of ether oxygens (including phenoxy) is 1. The van der Waals surface area contributed by atoms with E-state index in [-0.39, 0.29) is 12.4 Å². The number of anilines is 1. The van der Waals surface area contributed by atoms with E-state index >= 15 is 0 Å². The minimum Gasteiger partial charge on any atom is -0.460 e. The number of nitrogens with one attached hydrogen (secondary N) is 1. The molecule has 0 amide bonds. The van der Waals surface area contributed by atoms with Crippen LogP contribution in [0.5, 0.6) is 0 Å². The van der Waals surface area contributed by atoms with E-state index < -0.39 is 18.1 Å². The number of aryl methyl sites for hydroxylation is 1. The molecule has 5 nitrogen and oxygen atoms in total. The quantitative estimate of drug-likeness (QED) is 0.307. The molecule has 8 heteroatoms. The van der Waals surface area contributed by atoms with Gasteiger partial charge < -0.3 is 19.9 Å². The molecular weight excluding hydrogens is 410 g/mol. The maximum Gasteiger partial charge on any atom is 0.373 e. The number of carbonyl (C=O) groups is 1. The molecule has 0 saturated carbocycles. The highest BCUT2D eigenvalue weighted by molar-refractivity contribution is 6.45. The molecule has 1 aromatic rings. The minimum atomic E-state index is -0.680. The van der Waals surface area contributed by atoms with Crippen molar-refractivity contribution in [2.45, 2.75) is 58.9 Å². The van der Waals surface area contributed by atoms with Gasteiger partial charge in [0.15, 0.2) is 0 Å². The highest BCUT2D eigenvalue weighted by Crippen LogP contribution is 2.34. The monoisotopic (exact) mass is 444 g/mol. The smallest absolute Gasteiger partial charge is 0.373 e. The van der Waals surface area contributed by atoms with Crippen LogP contribution >= 0.6 is 23.2 Å². The molecule has 1 unspecified atom stereocenters. The second-order valence-corrected chi connectivity index (χ2v) is 9.50. The van der Waals surface area contributed by atoms with Gasteiger partial charge in [0.25, 0.3) is 0 Å². The molecular formula is C21H35BCl2N2O3. The molecule has 2 N–H and O–H groups in total. The van der Waals surface area contributed by atoms with Crippen LogP contribution in [0, 0.1) is 6.92 Å². The topological polar surface area (TPSA) is 61.8 Å². The van der Waals surface area contributed by atoms with Gasteiger partial charge >= 0.3 is 13.0 Å². The SMILES string of the molecule is CB(O)NCC(C)(CC(=O)OC(C)(C)C)c1cc(N(CCCl)CCCl)ccc1C. The standard InChI is InChI=1S/C21H35BCl2N2O3/c1-16-7-8-17(26(11-9-23)12-10-24)13-18(16)21(5,15-25-22(6)28)14-19(27)29-20(2,3)4/h7-8,13,25,28H,9-12,14-15H2,1-6H3. The molecule has 0 radical (unpaired) electrons. The molecule has 0 spiro atoms. The van der Waals surface area contributed by atoms with Gasteiger partial charge in [0.05, 0.1) is 6.42 Å². The van der Waals surface area contributed by atoms with E-state index in [0.717, 1.165) is 16.8 Å². The first-order chi connectivity index (χ1) is 13.4. The molecule has 0 bridgehead atoms. The predicted molar refractivity (Wildman–Crippen MR) is 124 cm³/mol. The van der Waals surface area contributed by atoms with E-state index in [9.17, 15) is 9.82 Å². The summed E-state index contributed by atoms with van der Waals surface area (Å²) in [6.45, 7) is 13.1. The fourth-order valence-corrected chi connectivity index (χ4v) is 3.76. The van der Waals surface area contributed by atoms with E-state index in [1.165, 1.54) is 0 Å². The summed E-state index contributed by atoms with van der Waals surface area (Å²) in [5.74, 6) is 0.730. The first-order valence-corrected chi connectivity index (χ1v) is 11.1. The van der Waals surface area contributed by atoms with E-state index in [0.29, 0.717) is 31.4 Å². The highest BCUT2D eigenvalue weighted by atomic mass is 35.5. The van der Waals surface area contributed by atoms with E-state index in [1.54, 1.807) is 6.82 Å². The molecule has 0 aliphatic heterocycles. The first-order valence-electron chi connectivity index (χ1n) is 10.0. The van der Waals surface area contributed by atoms with Crippen molar-refractivity contribution in [3.63, 3.8) is 0 Å². The summed E-state index contributed by atoms with van der Waals surface area (Å²) in [4.78, 5) is 14.8. The summed E-state index contributed by atoms with van der Waals surface area (Å²) < 4.78 is 5.58. The molecule has 1 rings (SSSR count). The van der Waals surface area contributed by atoms with Crippen molar-refractivity contribution in [1.82, 2.24) is 5.23 Å². The maximum absolute atomic E-state index is 12.7. The second kappa shape index (κ2) is 11.4. The molecule has 164 valence electrons. The largest absolute Gasteiger partial charge is 0.460 e. The van der Waals surface area contributed by atoms with Crippen LogP contribution in [-0.4, -0.2) is 55.0 Å². The Morgan fingerprint density at radius 3 is 2.28 bits per heavy atom. The van der Waals surface area contributed by atoms with Crippen molar-refractivity contribution in [3.05, 3.63) is 29.3 Å². The molecule has 0 fully saturated rings. The predicted octanol–water partition coefficient (Wildman–Crippen LogP) is 3.97. The van der Waals surface area contributed by atoms with Crippen LogP contribution in [0.25, 0.3) is 0 Å². The van der Waals surface area contributed by atoms with Gasteiger partial charge in [-0.3, -0.25) is 4.79 Å². The molecule has 0 aromatic heterocycles. The maximum atomic E-state index is 12.7. The number of hydrogen-bond donors (Lipinski definition) is 2. The summed E-state index contributed by atoms with van der Waals surface area (Å²) in [5.41, 5.74) is 2.00. The van der Waals surface area contributed by atoms with Crippen molar-refractivity contribution >= 4 is 41.9 Å². The number of rotatable bonds is 11. The van der Waals surface area contributed by atoms with Crippen LogP contribution in [0.4, 0.5) is 5.69 Å². The Labute approximate surface area is 186 Å². The van der Waals surface area contributed by atoms with E-state index in [2.05, 4.69) is 22.3 Å². The Morgan fingerprint density at radius 2 is 1.79 bits per heavy atom. The Morgan fingerprint density at radius 1 is 1.21 bits per heavy atom. The number of carbonyl (C=O) groups excluding carboxylic acids is 1. The van der Waals surface area contributed by atoms with Crippen molar-refractivity contribution in [1.29, 1.82) is 0 Å². The second-order valence-electron chi connectivity index (χ2n) is 8.74. The molecule has 0 heterocycles. The zero-order valence-electron chi connectivity index (χ0n) is 18.5. The van der Waals surface area contributed by atoms with Gasteiger partial charge in [0, 0.05) is 36.0 Å². The van der Waals surface area contributed by atoms with Crippen molar-refractivity contribution in [3.8, 4) is 0 Å². The highest BCUT2D eigenvalue weighted by Gasteiger charge is 2.34. The molecule has 0 saturated heterocycles. The third kappa shape index (κ3) is 8.75. The summed E-state index contributed by atoms with van der Waals surface area (Å²) in [6.07, 6.45) is 0.194. The number of hydrogen-bond acceptors (Lipinski definition) is 5. The summed E-state index contributed by atoms with van der Waals surface area (Å²) in [5, 5.41) is 12.8. The number of alkyl halides is 2. The fraction of sp³-hybridized carbons (Fsp3) is 0.667. The van der Waals surface area contributed by atoms with Gasteiger partial charge in [-0.05, 0) is 64.3 Å². The Balaban J connectivity index is 3.32. The number of esters is 1. The lowest BCUT2D eigenvalue weighted by atomic mass is 9.75. The third-order valence-electron chi connectivity index (χ3n) is 4.69. The summed E-state index contributed by atoms with van der Waals surface area (Å²) in [6, 6.07) is 6.20. The normalized spacial score (nSPS) is 13.7. The van der Waals surface area contributed by atoms with E-state index in [4.69, 9.17) is 27.9 Å². The number of nitrogens with zero attached hydrogens (tertiary/aromatic N) is 1.